The van der Waals surface area contributed by atoms with E-state index in [1.807, 2.05) is 12.1 Å². The molecule has 2 saturated heterocycles. The second-order valence-corrected chi connectivity index (χ2v) is 9.97. The van der Waals surface area contributed by atoms with Crippen LogP contribution in [0.3, 0.4) is 0 Å². The monoisotopic (exact) mass is 556 g/mol. The van der Waals surface area contributed by atoms with Gasteiger partial charge in [-0.1, -0.05) is 78.9 Å². The molecule has 2 aliphatic rings. The maximum Gasteiger partial charge on any atom is 0.0718 e. The molecule has 0 unspecified atom stereocenters. The Bertz CT molecular complexity index is 1400. The molecule has 7 heteroatoms. The maximum absolute atomic E-state index is 5.82. The number of ether oxygens (including phenoxy) is 2. The number of benzene rings is 4. The standard InChI is InChI=1S/C34H36N4O2.Na.H/c1-4-11-27(12-5-1)33(37-19-23-39-24-20-37)34(38-21-25-40-26-22-38)30-17-10-18-31(35-28-13-6-2-7-14-28)32(30)36-29-15-8-3-9-16-29;;/h1-18,35-36H,19-26H2;;. The second kappa shape index (κ2) is 14.6. The van der Waals surface area contributed by atoms with Crippen molar-refractivity contribution in [1.29, 1.82) is 0 Å². The predicted octanol–water partition coefficient (Wildman–Crippen LogP) is 6.02. The molecule has 0 radical (unpaired) electrons. The topological polar surface area (TPSA) is 49.0 Å². The first-order valence-electron chi connectivity index (χ1n) is 14.1. The molecule has 206 valence electrons. The number of anilines is 4. The second-order valence-electron chi connectivity index (χ2n) is 9.97. The summed E-state index contributed by atoms with van der Waals surface area (Å²) in [6.07, 6.45) is 0. The summed E-state index contributed by atoms with van der Waals surface area (Å²) in [4.78, 5) is 4.99. The van der Waals surface area contributed by atoms with Gasteiger partial charge in [0.1, 0.15) is 0 Å². The van der Waals surface area contributed by atoms with Crippen molar-refractivity contribution >= 4 is 63.7 Å². The van der Waals surface area contributed by atoms with Gasteiger partial charge in [0.2, 0.25) is 0 Å². The minimum absolute atomic E-state index is 0. The van der Waals surface area contributed by atoms with Gasteiger partial charge in [0.05, 0.1) is 49.2 Å². The molecule has 6 rings (SSSR count). The maximum atomic E-state index is 5.82. The first-order chi connectivity index (χ1) is 19.9. The summed E-state index contributed by atoms with van der Waals surface area (Å²) in [5.41, 5.74) is 8.96. The Kier molecular flexibility index (Phi) is 10.4. The molecule has 2 fully saturated rings. The van der Waals surface area contributed by atoms with Gasteiger partial charge < -0.3 is 29.9 Å². The Morgan fingerprint density at radius 2 is 1.00 bits per heavy atom. The van der Waals surface area contributed by atoms with Crippen molar-refractivity contribution < 1.29 is 9.47 Å². The summed E-state index contributed by atoms with van der Waals surface area (Å²) >= 11 is 0. The summed E-state index contributed by atoms with van der Waals surface area (Å²) < 4.78 is 11.6. The normalized spacial score (nSPS) is 15.9. The number of rotatable bonds is 8. The molecule has 0 atom stereocenters. The van der Waals surface area contributed by atoms with Crippen LogP contribution in [0.1, 0.15) is 11.1 Å². The number of hydrogen-bond acceptors (Lipinski definition) is 6. The minimum Gasteiger partial charge on any atom is -0.378 e. The van der Waals surface area contributed by atoms with Crippen molar-refractivity contribution in [2.45, 2.75) is 0 Å². The van der Waals surface area contributed by atoms with E-state index < -0.39 is 0 Å². The van der Waals surface area contributed by atoms with Crippen LogP contribution < -0.4 is 10.6 Å². The molecule has 0 saturated carbocycles. The zero-order chi connectivity index (χ0) is 27.0. The van der Waals surface area contributed by atoms with E-state index in [4.69, 9.17) is 9.47 Å². The molecule has 0 aliphatic carbocycles. The summed E-state index contributed by atoms with van der Waals surface area (Å²) in [5, 5.41) is 7.48. The molecule has 0 spiro atoms. The molecule has 0 amide bonds. The summed E-state index contributed by atoms with van der Waals surface area (Å²) in [7, 11) is 0. The fourth-order valence-electron chi connectivity index (χ4n) is 5.42. The van der Waals surface area contributed by atoms with Crippen molar-refractivity contribution in [2.75, 3.05) is 63.2 Å². The van der Waals surface area contributed by atoms with E-state index in [-0.39, 0.29) is 29.6 Å². The van der Waals surface area contributed by atoms with E-state index in [1.165, 1.54) is 17.0 Å². The first kappa shape index (κ1) is 29.2. The summed E-state index contributed by atoms with van der Waals surface area (Å²) in [5.74, 6) is 0. The number of nitrogens with one attached hydrogen (secondary N) is 2. The minimum atomic E-state index is 0. The summed E-state index contributed by atoms with van der Waals surface area (Å²) in [6, 6.07) is 38.1. The number of nitrogens with zero attached hydrogens (tertiary/aromatic N) is 2. The molecule has 0 aromatic heterocycles. The molecular weight excluding hydrogens is 519 g/mol. The molecule has 6 nitrogen and oxygen atoms in total. The third kappa shape index (κ3) is 7.15. The van der Waals surface area contributed by atoms with Crippen molar-refractivity contribution in [3.63, 3.8) is 0 Å². The van der Waals surface area contributed by atoms with E-state index in [0.717, 1.165) is 67.7 Å². The van der Waals surface area contributed by atoms with Gasteiger partial charge >= 0.3 is 29.6 Å². The largest absolute Gasteiger partial charge is 0.378 e. The molecule has 2 aliphatic heterocycles. The van der Waals surface area contributed by atoms with Gasteiger partial charge in [-0.2, -0.15) is 0 Å². The average Bonchev–Trinajstić information content (AvgIpc) is 3.03. The van der Waals surface area contributed by atoms with Crippen molar-refractivity contribution in [3.8, 4) is 0 Å². The third-order valence-electron chi connectivity index (χ3n) is 7.34. The van der Waals surface area contributed by atoms with Crippen LogP contribution in [0, 0.1) is 0 Å². The first-order valence-corrected chi connectivity index (χ1v) is 14.1. The van der Waals surface area contributed by atoms with Crippen molar-refractivity contribution in [3.05, 3.63) is 120 Å². The zero-order valence-corrected chi connectivity index (χ0v) is 22.8. The Balaban J connectivity index is 0.00000337. The number of morpholine rings is 2. The molecule has 4 aromatic rings. The van der Waals surface area contributed by atoms with Crippen LogP contribution in [0.2, 0.25) is 0 Å². The van der Waals surface area contributed by atoms with Crippen molar-refractivity contribution in [2.24, 2.45) is 0 Å². The quantitative estimate of drug-likeness (QED) is 0.205. The third-order valence-corrected chi connectivity index (χ3v) is 7.34. The van der Waals surface area contributed by atoms with Crippen LogP contribution in [0.15, 0.2) is 109 Å². The van der Waals surface area contributed by atoms with E-state index >= 15 is 0 Å². The van der Waals surface area contributed by atoms with Crippen LogP contribution in [0.5, 0.6) is 0 Å². The molecule has 2 N–H and O–H groups in total. The van der Waals surface area contributed by atoms with Crippen molar-refractivity contribution in [1.82, 2.24) is 9.80 Å². The van der Waals surface area contributed by atoms with E-state index in [9.17, 15) is 0 Å². The van der Waals surface area contributed by atoms with Crippen LogP contribution >= 0.6 is 0 Å². The molecular formula is C34H37N4NaO2. The molecule has 2 heterocycles. The Hall–Kier alpha value is -3.26. The van der Waals surface area contributed by atoms with Gasteiger partial charge in [0, 0.05) is 43.1 Å². The van der Waals surface area contributed by atoms with Crippen LogP contribution in [0.25, 0.3) is 11.4 Å². The van der Waals surface area contributed by atoms with Crippen LogP contribution in [0.4, 0.5) is 22.7 Å². The SMILES string of the molecule is [NaH].c1ccc(Nc2cccc(C(=C(c3ccccc3)N3CCOCC3)N3CCOCC3)c2Nc2ccccc2)cc1. The number of hydrogen-bond donors (Lipinski definition) is 2. The Morgan fingerprint density at radius 3 is 1.56 bits per heavy atom. The molecule has 4 aromatic carbocycles. The number of para-hydroxylation sites is 3. The van der Waals surface area contributed by atoms with Gasteiger partial charge in [0.15, 0.2) is 0 Å². The smallest absolute Gasteiger partial charge is 0.0718 e. The van der Waals surface area contributed by atoms with Crippen LogP contribution in [-0.4, -0.2) is 92.0 Å². The Morgan fingerprint density at radius 1 is 0.512 bits per heavy atom. The summed E-state index contributed by atoms with van der Waals surface area (Å²) in [6.45, 7) is 6.21. The molecule has 41 heavy (non-hydrogen) atoms. The fourth-order valence-corrected chi connectivity index (χ4v) is 5.42. The average molecular weight is 557 g/mol. The van der Waals surface area contributed by atoms with Gasteiger partial charge in [-0.25, -0.2) is 0 Å². The van der Waals surface area contributed by atoms with Gasteiger partial charge in [-0.3, -0.25) is 0 Å². The van der Waals surface area contributed by atoms with E-state index in [2.05, 4.69) is 117 Å². The van der Waals surface area contributed by atoms with E-state index in [1.54, 1.807) is 0 Å². The fraction of sp³-hybridized carbons (Fsp3) is 0.235. The van der Waals surface area contributed by atoms with E-state index in [0.29, 0.717) is 13.2 Å². The van der Waals surface area contributed by atoms with Crippen LogP contribution in [-0.2, 0) is 9.47 Å². The predicted molar refractivity (Wildman–Crippen MR) is 171 cm³/mol. The van der Waals surface area contributed by atoms with Gasteiger partial charge in [0.25, 0.3) is 0 Å². The van der Waals surface area contributed by atoms with Gasteiger partial charge in [-0.05, 0) is 35.9 Å². The van der Waals surface area contributed by atoms with Gasteiger partial charge in [-0.15, -0.1) is 0 Å². The zero-order valence-electron chi connectivity index (χ0n) is 22.8. The molecule has 0 bridgehead atoms. The Labute approximate surface area is 265 Å².